The first-order valence-electron chi connectivity index (χ1n) is 10.4. The van der Waals surface area contributed by atoms with Crippen LogP contribution in [0.5, 0.6) is 5.75 Å². The van der Waals surface area contributed by atoms with Crippen molar-refractivity contribution >= 4 is 29.4 Å². The van der Waals surface area contributed by atoms with E-state index in [-0.39, 0.29) is 5.56 Å². The number of hydrogen-bond acceptors (Lipinski definition) is 7. The number of aromatic nitrogens is 1. The molecule has 0 saturated heterocycles. The molecule has 0 fully saturated rings. The Bertz CT molecular complexity index is 1420. The van der Waals surface area contributed by atoms with E-state index in [1.807, 2.05) is 37.3 Å². The lowest BCUT2D eigenvalue weighted by molar-refractivity contribution is -0.136. The monoisotopic (exact) mass is 462 g/mol. The van der Waals surface area contributed by atoms with Crippen LogP contribution >= 0.6 is 11.3 Å². The van der Waals surface area contributed by atoms with Gasteiger partial charge in [-0.25, -0.2) is 9.79 Å². The van der Waals surface area contributed by atoms with Gasteiger partial charge in [0.2, 0.25) is 0 Å². The molecule has 0 unspecified atom stereocenters. The molecule has 1 atom stereocenters. The second-order valence-corrected chi connectivity index (χ2v) is 8.37. The summed E-state index contributed by atoms with van der Waals surface area (Å²) in [5.41, 5.74) is 2.31. The highest BCUT2D eigenvalue weighted by Gasteiger charge is 2.33. The van der Waals surface area contributed by atoms with Gasteiger partial charge in [-0.05, 0) is 35.8 Å². The van der Waals surface area contributed by atoms with E-state index in [2.05, 4.69) is 4.99 Å². The molecule has 0 bridgehead atoms. The molecule has 2 heterocycles. The van der Waals surface area contributed by atoms with Gasteiger partial charge in [-0.3, -0.25) is 14.2 Å². The third-order valence-corrected chi connectivity index (χ3v) is 6.19. The maximum Gasteiger partial charge on any atom is 0.338 e. The summed E-state index contributed by atoms with van der Waals surface area (Å²) in [6.45, 7) is 3.26. The average molecular weight is 463 g/mol. The number of benzene rings is 2. The number of carbonyl (C=O) groups is 2. The molecule has 8 heteroatoms. The summed E-state index contributed by atoms with van der Waals surface area (Å²) >= 11 is 1.27. The van der Waals surface area contributed by atoms with E-state index in [1.54, 1.807) is 34.9 Å². The van der Waals surface area contributed by atoms with Gasteiger partial charge >= 0.3 is 11.9 Å². The quantitative estimate of drug-likeness (QED) is 0.430. The summed E-state index contributed by atoms with van der Waals surface area (Å²) in [6, 6.07) is 15.6. The predicted molar refractivity (Wildman–Crippen MR) is 125 cm³/mol. The molecule has 0 radical (unpaired) electrons. The smallest absolute Gasteiger partial charge is 0.338 e. The lowest BCUT2D eigenvalue weighted by Crippen LogP contribution is -2.40. The Hall–Kier alpha value is -3.78. The van der Waals surface area contributed by atoms with Gasteiger partial charge in [0, 0.05) is 6.92 Å². The molecule has 0 amide bonds. The third kappa shape index (κ3) is 4.42. The molecule has 4 rings (SSSR count). The number of fused-ring (bicyclic) bond motifs is 1. The van der Waals surface area contributed by atoms with Gasteiger partial charge in [-0.15, -0.1) is 0 Å². The van der Waals surface area contributed by atoms with Gasteiger partial charge in [-0.2, -0.15) is 0 Å². The predicted octanol–water partition coefficient (Wildman–Crippen LogP) is 2.72. The first-order valence-corrected chi connectivity index (χ1v) is 11.2. The van der Waals surface area contributed by atoms with E-state index in [0.29, 0.717) is 32.8 Å². The molecule has 1 aliphatic rings. The molecular formula is C25H22N2O5S. The molecule has 0 aliphatic carbocycles. The van der Waals surface area contributed by atoms with Crippen LogP contribution < -0.4 is 19.6 Å². The molecule has 168 valence electrons. The minimum Gasteiger partial charge on any atom is -0.466 e. The molecule has 1 aliphatic heterocycles. The number of allylic oxidation sites excluding steroid dienone is 1. The fraction of sp³-hybridized carbons (Fsp3) is 0.200. The van der Waals surface area contributed by atoms with Gasteiger partial charge in [0.1, 0.15) is 5.75 Å². The summed E-state index contributed by atoms with van der Waals surface area (Å²) < 4.78 is 12.2. The van der Waals surface area contributed by atoms with Crippen molar-refractivity contribution in [2.24, 2.45) is 4.99 Å². The Morgan fingerprint density at radius 3 is 2.42 bits per heavy atom. The number of methoxy groups -OCH3 is 1. The van der Waals surface area contributed by atoms with Crippen molar-refractivity contribution < 1.29 is 19.1 Å². The van der Waals surface area contributed by atoms with E-state index in [1.165, 1.54) is 25.4 Å². The fourth-order valence-electron chi connectivity index (χ4n) is 3.76. The van der Waals surface area contributed by atoms with Gasteiger partial charge < -0.3 is 9.47 Å². The van der Waals surface area contributed by atoms with Crippen LogP contribution in [0, 0.1) is 0 Å². The van der Waals surface area contributed by atoms with Crippen molar-refractivity contribution in [3.05, 3.63) is 96.7 Å². The maximum atomic E-state index is 13.5. The lowest BCUT2D eigenvalue weighted by Gasteiger charge is -2.25. The molecule has 2 aromatic carbocycles. The van der Waals surface area contributed by atoms with E-state index in [4.69, 9.17) is 9.47 Å². The Labute approximate surface area is 193 Å². The highest BCUT2D eigenvalue weighted by atomic mass is 32.1. The molecule has 3 aromatic rings. The van der Waals surface area contributed by atoms with Crippen molar-refractivity contribution in [2.75, 3.05) is 7.11 Å². The van der Waals surface area contributed by atoms with Crippen LogP contribution in [-0.2, 0) is 14.3 Å². The molecule has 0 saturated carbocycles. The van der Waals surface area contributed by atoms with Gasteiger partial charge in [0.05, 0.1) is 29.0 Å². The number of carbonyl (C=O) groups excluding carboxylic acids is 2. The summed E-state index contributed by atoms with van der Waals surface area (Å²) in [4.78, 5) is 42.5. The molecule has 1 aromatic heterocycles. The zero-order valence-electron chi connectivity index (χ0n) is 18.4. The second kappa shape index (κ2) is 9.38. The van der Waals surface area contributed by atoms with Crippen LogP contribution in [0.2, 0.25) is 0 Å². The van der Waals surface area contributed by atoms with Crippen LogP contribution in [0.25, 0.3) is 6.08 Å². The van der Waals surface area contributed by atoms with Gasteiger partial charge in [-0.1, -0.05) is 60.7 Å². The van der Waals surface area contributed by atoms with Crippen molar-refractivity contribution in [1.82, 2.24) is 4.57 Å². The highest BCUT2D eigenvalue weighted by molar-refractivity contribution is 7.07. The van der Waals surface area contributed by atoms with Crippen molar-refractivity contribution in [2.45, 2.75) is 26.3 Å². The third-order valence-electron chi connectivity index (χ3n) is 5.21. The minimum absolute atomic E-state index is 0.242. The summed E-state index contributed by atoms with van der Waals surface area (Å²) in [5.74, 6) is -0.467. The van der Waals surface area contributed by atoms with E-state index in [0.717, 1.165) is 11.1 Å². The van der Waals surface area contributed by atoms with E-state index in [9.17, 15) is 14.4 Å². The number of nitrogens with zero attached hydrogens (tertiary/aromatic N) is 2. The van der Waals surface area contributed by atoms with Crippen molar-refractivity contribution in [3.63, 3.8) is 0 Å². The zero-order chi connectivity index (χ0) is 23.5. The number of rotatable bonds is 5. The van der Waals surface area contributed by atoms with Crippen LogP contribution in [0.15, 0.2) is 75.7 Å². The lowest BCUT2D eigenvalue weighted by atomic mass is 9.95. The largest absolute Gasteiger partial charge is 0.466 e. The van der Waals surface area contributed by atoms with E-state index < -0.39 is 18.0 Å². The van der Waals surface area contributed by atoms with Crippen LogP contribution in [-0.4, -0.2) is 23.6 Å². The van der Waals surface area contributed by atoms with Crippen molar-refractivity contribution in [3.8, 4) is 5.75 Å². The summed E-state index contributed by atoms with van der Waals surface area (Å²) in [7, 11) is 1.33. The number of thiazole rings is 1. The van der Waals surface area contributed by atoms with Crippen LogP contribution in [0.4, 0.5) is 0 Å². The van der Waals surface area contributed by atoms with Gasteiger partial charge in [0.15, 0.2) is 4.80 Å². The van der Waals surface area contributed by atoms with Crippen LogP contribution in [0.3, 0.4) is 0 Å². The standard InChI is InChI=1S/C25H22N2O5S/c1-4-19-21(24(30)31-3)22(17-8-6-5-7-9-17)27-23(29)20(33-25(27)26-19)14-16-10-12-18(13-11-16)32-15(2)28/h5-14,22H,4H2,1-3H3/b20-14+/t22-/m1/s1. The Morgan fingerprint density at radius 2 is 1.82 bits per heavy atom. The Kier molecular flexibility index (Phi) is 6.37. The number of esters is 2. The highest BCUT2D eigenvalue weighted by Crippen LogP contribution is 2.31. The first kappa shape index (κ1) is 22.4. The Morgan fingerprint density at radius 1 is 1.12 bits per heavy atom. The normalized spacial score (nSPS) is 15.6. The molecular weight excluding hydrogens is 440 g/mol. The van der Waals surface area contributed by atoms with E-state index >= 15 is 0 Å². The fourth-order valence-corrected chi connectivity index (χ4v) is 4.78. The second-order valence-electron chi connectivity index (χ2n) is 7.36. The molecule has 0 spiro atoms. The maximum absolute atomic E-state index is 13.5. The topological polar surface area (TPSA) is 87.0 Å². The zero-order valence-corrected chi connectivity index (χ0v) is 19.2. The number of hydrogen-bond donors (Lipinski definition) is 0. The SMILES string of the molecule is CCC1=C(C(=O)OC)[C@@H](c2ccccc2)n2c(s/c(=C/c3ccc(OC(C)=O)cc3)c2=O)=N1. The Balaban J connectivity index is 1.89. The summed E-state index contributed by atoms with van der Waals surface area (Å²) in [5, 5.41) is 0. The average Bonchev–Trinajstić information content (AvgIpc) is 3.13. The van der Waals surface area contributed by atoms with Crippen molar-refractivity contribution in [1.29, 1.82) is 0 Å². The minimum atomic E-state index is -0.627. The molecule has 0 N–H and O–H groups in total. The van der Waals surface area contributed by atoms with Gasteiger partial charge in [0.25, 0.3) is 5.56 Å². The molecule has 33 heavy (non-hydrogen) atoms. The molecule has 7 nitrogen and oxygen atoms in total. The van der Waals surface area contributed by atoms with Crippen LogP contribution in [0.1, 0.15) is 37.4 Å². The first-order chi connectivity index (χ1) is 15.9. The summed E-state index contributed by atoms with van der Waals surface area (Å²) in [6.07, 6.45) is 2.29. The number of ether oxygens (including phenoxy) is 2.